The van der Waals surface area contributed by atoms with Gasteiger partial charge in [0.05, 0.1) is 11.8 Å². The third kappa shape index (κ3) is 4.01. The van der Waals surface area contributed by atoms with E-state index in [1.165, 1.54) is 5.56 Å². The molecule has 1 rings (SSSR count). The zero-order chi connectivity index (χ0) is 11.3. The van der Waals surface area contributed by atoms with Gasteiger partial charge in [-0.3, -0.25) is 5.10 Å². The zero-order valence-electron chi connectivity index (χ0n) is 10.1. The lowest BCUT2D eigenvalue weighted by atomic mass is 10.1. The Hall–Kier alpha value is -0.870. The molecule has 15 heavy (non-hydrogen) atoms. The summed E-state index contributed by atoms with van der Waals surface area (Å²) in [6, 6.07) is 0. The Morgan fingerprint density at radius 1 is 1.53 bits per heavy atom. The maximum Gasteiger partial charge on any atom is 0.0634 e. The minimum absolute atomic E-state index is 0.0432. The molecule has 4 nitrogen and oxygen atoms in total. The van der Waals surface area contributed by atoms with Crippen LogP contribution in [0.25, 0.3) is 0 Å². The molecular weight excluding hydrogens is 190 g/mol. The molecule has 1 aromatic heterocycles. The summed E-state index contributed by atoms with van der Waals surface area (Å²) in [6.45, 7) is 8.03. The van der Waals surface area contributed by atoms with Gasteiger partial charge in [-0.25, -0.2) is 0 Å². The third-order valence-corrected chi connectivity index (χ3v) is 2.71. The van der Waals surface area contributed by atoms with Crippen LogP contribution in [0.4, 0.5) is 0 Å². The fourth-order valence-corrected chi connectivity index (χ4v) is 1.27. The van der Waals surface area contributed by atoms with Crippen molar-refractivity contribution in [2.75, 3.05) is 13.7 Å². The molecule has 0 spiro atoms. The number of aromatic nitrogens is 2. The minimum atomic E-state index is -0.0432. The van der Waals surface area contributed by atoms with E-state index in [1.54, 1.807) is 7.11 Å². The van der Waals surface area contributed by atoms with Crippen molar-refractivity contribution in [3.8, 4) is 0 Å². The summed E-state index contributed by atoms with van der Waals surface area (Å²) in [6.07, 6.45) is 2.87. The smallest absolute Gasteiger partial charge is 0.0634 e. The Labute approximate surface area is 91.4 Å². The molecule has 1 aromatic rings. The van der Waals surface area contributed by atoms with Crippen LogP contribution in [0.5, 0.6) is 0 Å². The number of H-pyrrole nitrogens is 1. The predicted molar refractivity (Wildman–Crippen MR) is 60.7 cm³/mol. The summed E-state index contributed by atoms with van der Waals surface area (Å²) in [5, 5.41) is 10.3. The number of ether oxygens (including phenoxy) is 1. The fourth-order valence-electron chi connectivity index (χ4n) is 1.27. The highest BCUT2D eigenvalue weighted by Gasteiger charge is 2.14. The van der Waals surface area contributed by atoms with Crippen molar-refractivity contribution in [2.45, 2.75) is 39.3 Å². The van der Waals surface area contributed by atoms with E-state index in [0.717, 1.165) is 25.2 Å². The maximum absolute atomic E-state index is 5.34. The largest absolute Gasteiger partial charge is 0.379 e. The zero-order valence-corrected chi connectivity index (χ0v) is 10.1. The minimum Gasteiger partial charge on any atom is -0.379 e. The Kier molecular flexibility index (Phi) is 4.29. The van der Waals surface area contributed by atoms with Crippen LogP contribution in [0.3, 0.4) is 0 Å². The average molecular weight is 211 g/mol. The van der Waals surface area contributed by atoms with Gasteiger partial charge < -0.3 is 10.1 Å². The fraction of sp³-hybridized carbons (Fsp3) is 0.727. The number of aromatic amines is 1. The van der Waals surface area contributed by atoms with E-state index in [9.17, 15) is 0 Å². The Bertz CT molecular complexity index is 294. The van der Waals surface area contributed by atoms with Gasteiger partial charge in [0, 0.05) is 24.9 Å². The monoisotopic (exact) mass is 211 g/mol. The normalized spacial score (nSPS) is 12.0. The van der Waals surface area contributed by atoms with E-state index in [1.807, 2.05) is 13.1 Å². The number of nitrogens with zero attached hydrogens (tertiary/aromatic N) is 1. The van der Waals surface area contributed by atoms with E-state index in [0.29, 0.717) is 0 Å². The number of nitrogens with one attached hydrogen (secondary N) is 2. The first kappa shape index (κ1) is 12.2. The molecule has 86 valence electrons. The summed E-state index contributed by atoms with van der Waals surface area (Å²) in [5.74, 6) is 0. The topological polar surface area (TPSA) is 49.9 Å². The lowest BCUT2D eigenvalue weighted by molar-refractivity contribution is 0.0158. The highest BCUT2D eigenvalue weighted by molar-refractivity contribution is 5.13. The SMILES string of the molecule is COC(C)(C)CCNCc1cn[nH]c1C. The summed E-state index contributed by atoms with van der Waals surface area (Å²) < 4.78 is 5.34. The van der Waals surface area contributed by atoms with Crippen LogP contribution >= 0.6 is 0 Å². The number of hydrogen-bond acceptors (Lipinski definition) is 3. The molecule has 0 unspecified atom stereocenters. The van der Waals surface area contributed by atoms with Crippen molar-refractivity contribution in [3.63, 3.8) is 0 Å². The van der Waals surface area contributed by atoms with Gasteiger partial charge in [-0.1, -0.05) is 0 Å². The number of hydrogen-bond donors (Lipinski definition) is 2. The third-order valence-electron chi connectivity index (χ3n) is 2.71. The van der Waals surface area contributed by atoms with Gasteiger partial charge in [-0.05, 0) is 33.7 Å². The summed E-state index contributed by atoms with van der Waals surface area (Å²) >= 11 is 0. The van der Waals surface area contributed by atoms with Gasteiger partial charge in [-0.2, -0.15) is 5.10 Å². The molecular formula is C11H21N3O. The maximum atomic E-state index is 5.34. The van der Waals surface area contributed by atoms with Crippen LogP contribution < -0.4 is 5.32 Å². The van der Waals surface area contributed by atoms with Crippen molar-refractivity contribution in [3.05, 3.63) is 17.5 Å². The van der Waals surface area contributed by atoms with Crippen molar-refractivity contribution >= 4 is 0 Å². The first-order chi connectivity index (χ1) is 7.05. The Morgan fingerprint density at radius 3 is 2.80 bits per heavy atom. The van der Waals surface area contributed by atoms with Crippen LogP contribution in [0.2, 0.25) is 0 Å². The average Bonchev–Trinajstić information content (AvgIpc) is 2.59. The van der Waals surface area contributed by atoms with E-state index >= 15 is 0 Å². The van der Waals surface area contributed by atoms with Crippen LogP contribution in [0.1, 0.15) is 31.5 Å². The van der Waals surface area contributed by atoms with E-state index in [-0.39, 0.29) is 5.60 Å². The first-order valence-electron chi connectivity index (χ1n) is 5.30. The predicted octanol–water partition coefficient (Wildman–Crippen LogP) is 1.62. The van der Waals surface area contributed by atoms with Crippen LogP contribution in [-0.2, 0) is 11.3 Å². The Balaban J connectivity index is 2.20. The molecule has 0 aliphatic heterocycles. The van der Waals surface area contributed by atoms with E-state index < -0.39 is 0 Å². The quantitative estimate of drug-likeness (QED) is 0.703. The highest BCUT2D eigenvalue weighted by Crippen LogP contribution is 2.11. The molecule has 0 radical (unpaired) electrons. The van der Waals surface area contributed by atoms with Gasteiger partial charge in [0.2, 0.25) is 0 Å². The summed E-state index contributed by atoms with van der Waals surface area (Å²) in [5.41, 5.74) is 2.32. The molecule has 0 atom stereocenters. The summed E-state index contributed by atoms with van der Waals surface area (Å²) in [7, 11) is 1.75. The Morgan fingerprint density at radius 2 is 2.27 bits per heavy atom. The van der Waals surface area contributed by atoms with E-state index in [4.69, 9.17) is 4.74 Å². The van der Waals surface area contributed by atoms with Gasteiger partial charge in [0.25, 0.3) is 0 Å². The van der Waals surface area contributed by atoms with E-state index in [2.05, 4.69) is 29.4 Å². The van der Waals surface area contributed by atoms with Crippen LogP contribution in [-0.4, -0.2) is 29.5 Å². The molecule has 0 amide bonds. The van der Waals surface area contributed by atoms with Crippen molar-refractivity contribution < 1.29 is 4.74 Å². The molecule has 1 heterocycles. The van der Waals surface area contributed by atoms with Crippen LogP contribution in [0.15, 0.2) is 6.20 Å². The molecule has 4 heteroatoms. The summed E-state index contributed by atoms with van der Waals surface area (Å²) in [4.78, 5) is 0. The van der Waals surface area contributed by atoms with Crippen molar-refractivity contribution in [1.82, 2.24) is 15.5 Å². The molecule has 0 fully saturated rings. The number of methoxy groups -OCH3 is 1. The first-order valence-corrected chi connectivity index (χ1v) is 5.30. The molecule has 0 aliphatic carbocycles. The molecule has 0 aromatic carbocycles. The van der Waals surface area contributed by atoms with Gasteiger partial charge in [0.15, 0.2) is 0 Å². The molecule has 0 saturated carbocycles. The van der Waals surface area contributed by atoms with Crippen molar-refractivity contribution in [1.29, 1.82) is 0 Å². The molecule has 0 aliphatic rings. The molecule has 2 N–H and O–H groups in total. The van der Waals surface area contributed by atoms with Crippen LogP contribution in [0, 0.1) is 6.92 Å². The van der Waals surface area contributed by atoms with Gasteiger partial charge in [-0.15, -0.1) is 0 Å². The number of rotatable bonds is 6. The standard InChI is InChI=1S/C11H21N3O/c1-9-10(8-13-14-9)7-12-6-5-11(2,3)15-4/h8,12H,5-7H2,1-4H3,(H,13,14). The lowest BCUT2D eigenvalue weighted by Gasteiger charge is -2.22. The lowest BCUT2D eigenvalue weighted by Crippen LogP contribution is -2.28. The second kappa shape index (κ2) is 5.28. The second-order valence-corrected chi connectivity index (χ2v) is 4.41. The molecule has 0 bridgehead atoms. The van der Waals surface area contributed by atoms with Crippen molar-refractivity contribution in [2.24, 2.45) is 0 Å². The molecule has 0 saturated heterocycles. The highest BCUT2D eigenvalue weighted by atomic mass is 16.5. The van der Waals surface area contributed by atoms with Gasteiger partial charge in [0.1, 0.15) is 0 Å². The van der Waals surface area contributed by atoms with Gasteiger partial charge >= 0.3 is 0 Å². The number of aryl methyl sites for hydroxylation is 1. The second-order valence-electron chi connectivity index (χ2n) is 4.41.